The Hall–Kier alpha value is -7.36. The molecule has 3 nitrogen and oxygen atoms in total. The minimum Gasteiger partial charge on any atom is -0.455 e. The van der Waals surface area contributed by atoms with Gasteiger partial charge in [0.15, 0.2) is 0 Å². The molecule has 0 aliphatic rings. The highest BCUT2D eigenvalue weighted by molar-refractivity contribution is 6.13. The molecule has 0 spiro atoms. The van der Waals surface area contributed by atoms with Crippen molar-refractivity contribution < 1.29 is 4.42 Å². The Morgan fingerprint density at radius 1 is 0.393 bits per heavy atom. The van der Waals surface area contributed by atoms with E-state index in [1.807, 2.05) is 0 Å². The number of hydrogen-bond acceptors (Lipinski definition) is 2. The van der Waals surface area contributed by atoms with E-state index in [9.17, 15) is 0 Å². The molecule has 11 rings (SSSR count). The summed E-state index contributed by atoms with van der Waals surface area (Å²) in [5.41, 5.74) is 14.3. The van der Waals surface area contributed by atoms with Crippen LogP contribution >= 0.6 is 0 Å². The van der Waals surface area contributed by atoms with Crippen LogP contribution in [0.25, 0.3) is 82.5 Å². The molecule has 0 N–H and O–H groups in total. The molecule has 11 aromatic rings. The molecule has 56 heavy (non-hydrogen) atoms. The van der Waals surface area contributed by atoms with Gasteiger partial charge in [-0.3, -0.25) is 0 Å². The monoisotopic (exact) mass is 716 g/mol. The van der Waals surface area contributed by atoms with Gasteiger partial charge in [0.25, 0.3) is 0 Å². The number of hydrogen-bond donors (Lipinski definition) is 0. The van der Waals surface area contributed by atoms with Crippen LogP contribution in [-0.4, -0.2) is 4.57 Å². The SMILES string of the molecule is Cc1ccc(N(c2ccc(-c3cccc4c3oc3c(-c5ccc(-n6c7ccccc7c7ccccc76)cc5)cccc34)cc2)c2cccc3ccccc23)cc1. The molecule has 0 radical (unpaired) electrons. The second kappa shape index (κ2) is 12.9. The molecule has 3 heteroatoms. The maximum absolute atomic E-state index is 6.90. The van der Waals surface area contributed by atoms with E-state index in [2.05, 4.69) is 217 Å². The first-order valence-electron chi connectivity index (χ1n) is 19.2. The zero-order valence-electron chi connectivity index (χ0n) is 30.9. The Kier molecular flexibility index (Phi) is 7.39. The summed E-state index contributed by atoms with van der Waals surface area (Å²) >= 11 is 0. The van der Waals surface area contributed by atoms with Crippen molar-refractivity contribution in [2.45, 2.75) is 6.92 Å². The number of para-hydroxylation sites is 4. The van der Waals surface area contributed by atoms with Gasteiger partial charge in [0, 0.05) is 55.1 Å². The fraction of sp³-hybridized carbons (Fsp3) is 0.0189. The van der Waals surface area contributed by atoms with Crippen molar-refractivity contribution >= 4 is 71.6 Å². The highest BCUT2D eigenvalue weighted by atomic mass is 16.3. The molecule has 0 atom stereocenters. The first-order valence-corrected chi connectivity index (χ1v) is 19.2. The number of nitrogens with zero attached hydrogens (tertiary/aromatic N) is 2. The number of furan rings is 1. The first-order chi connectivity index (χ1) is 27.7. The minimum atomic E-state index is 0.897. The smallest absolute Gasteiger partial charge is 0.143 e. The van der Waals surface area contributed by atoms with Crippen molar-refractivity contribution in [3.63, 3.8) is 0 Å². The van der Waals surface area contributed by atoms with Crippen molar-refractivity contribution in [2.75, 3.05) is 4.90 Å². The fourth-order valence-electron chi connectivity index (χ4n) is 8.58. The molecule has 0 fully saturated rings. The zero-order valence-corrected chi connectivity index (χ0v) is 30.9. The van der Waals surface area contributed by atoms with Gasteiger partial charge < -0.3 is 13.9 Å². The lowest BCUT2D eigenvalue weighted by Crippen LogP contribution is -2.10. The average molecular weight is 717 g/mol. The molecule has 0 aliphatic heterocycles. The highest BCUT2D eigenvalue weighted by Crippen LogP contribution is 2.43. The molecule has 2 heterocycles. The van der Waals surface area contributed by atoms with Gasteiger partial charge in [-0.25, -0.2) is 0 Å². The summed E-state index contributed by atoms with van der Waals surface area (Å²) in [6.45, 7) is 2.13. The Labute approximate surface area is 324 Å². The van der Waals surface area contributed by atoms with Gasteiger partial charge in [-0.05, 0) is 78.0 Å². The van der Waals surface area contributed by atoms with Gasteiger partial charge in [0.1, 0.15) is 11.2 Å². The fourth-order valence-corrected chi connectivity index (χ4v) is 8.58. The summed E-state index contributed by atoms with van der Waals surface area (Å²) in [7, 11) is 0. The van der Waals surface area contributed by atoms with Gasteiger partial charge in [-0.1, -0.05) is 151 Å². The Morgan fingerprint density at radius 3 is 1.46 bits per heavy atom. The van der Waals surface area contributed by atoms with Crippen molar-refractivity contribution in [1.82, 2.24) is 4.57 Å². The molecule has 0 unspecified atom stereocenters. The lowest BCUT2D eigenvalue weighted by atomic mass is 9.99. The van der Waals surface area contributed by atoms with Gasteiger partial charge in [0.2, 0.25) is 0 Å². The van der Waals surface area contributed by atoms with Crippen molar-refractivity contribution in [3.05, 3.63) is 206 Å². The van der Waals surface area contributed by atoms with Crippen molar-refractivity contribution in [3.8, 4) is 27.9 Å². The van der Waals surface area contributed by atoms with E-state index in [1.54, 1.807) is 0 Å². The summed E-state index contributed by atoms with van der Waals surface area (Å²) in [4.78, 5) is 2.35. The van der Waals surface area contributed by atoms with E-state index < -0.39 is 0 Å². The van der Waals surface area contributed by atoms with Crippen LogP contribution in [0.1, 0.15) is 5.56 Å². The summed E-state index contributed by atoms with van der Waals surface area (Å²) in [6.07, 6.45) is 0. The number of aromatic nitrogens is 1. The third-order valence-corrected chi connectivity index (χ3v) is 11.3. The molecular formula is C53H36N2O. The Morgan fingerprint density at radius 2 is 0.857 bits per heavy atom. The van der Waals surface area contributed by atoms with Crippen molar-refractivity contribution in [2.24, 2.45) is 0 Å². The van der Waals surface area contributed by atoms with Crippen LogP contribution in [0.5, 0.6) is 0 Å². The Bertz CT molecular complexity index is 3180. The molecule has 0 saturated heterocycles. The van der Waals surface area contributed by atoms with Gasteiger partial charge in [-0.2, -0.15) is 0 Å². The van der Waals surface area contributed by atoms with E-state index in [1.165, 1.54) is 38.1 Å². The van der Waals surface area contributed by atoms with E-state index in [-0.39, 0.29) is 0 Å². The van der Waals surface area contributed by atoms with E-state index >= 15 is 0 Å². The second-order valence-electron chi connectivity index (χ2n) is 14.6. The van der Waals surface area contributed by atoms with Crippen LogP contribution < -0.4 is 4.90 Å². The summed E-state index contributed by atoms with van der Waals surface area (Å²) in [5, 5.41) is 7.18. The van der Waals surface area contributed by atoms with Crippen LogP contribution in [0.2, 0.25) is 0 Å². The largest absolute Gasteiger partial charge is 0.455 e. The Balaban J connectivity index is 0.987. The molecule has 0 bridgehead atoms. The number of fused-ring (bicyclic) bond motifs is 7. The lowest BCUT2D eigenvalue weighted by Gasteiger charge is -2.27. The topological polar surface area (TPSA) is 21.3 Å². The van der Waals surface area contributed by atoms with Gasteiger partial charge in [0.05, 0.1) is 16.7 Å². The normalized spacial score (nSPS) is 11.7. The summed E-state index contributed by atoms with van der Waals surface area (Å²) in [5.74, 6) is 0. The van der Waals surface area contributed by atoms with Crippen molar-refractivity contribution in [1.29, 1.82) is 0 Å². The van der Waals surface area contributed by atoms with Crippen LogP contribution in [0.15, 0.2) is 205 Å². The first kappa shape index (κ1) is 32.1. The van der Waals surface area contributed by atoms with Crippen LogP contribution in [-0.2, 0) is 0 Å². The third kappa shape index (κ3) is 5.13. The molecule has 0 amide bonds. The number of benzene rings is 9. The quantitative estimate of drug-likeness (QED) is 0.171. The molecular weight excluding hydrogens is 681 g/mol. The highest BCUT2D eigenvalue weighted by Gasteiger charge is 2.19. The van der Waals surface area contributed by atoms with Crippen LogP contribution in [0, 0.1) is 6.92 Å². The zero-order chi connectivity index (χ0) is 37.2. The van der Waals surface area contributed by atoms with E-state index in [0.717, 1.165) is 66.9 Å². The summed E-state index contributed by atoms with van der Waals surface area (Å²) in [6, 6.07) is 71.9. The maximum atomic E-state index is 6.90. The van der Waals surface area contributed by atoms with Crippen LogP contribution in [0.4, 0.5) is 17.1 Å². The third-order valence-electron chi connectivity index (χ3n) is 11.3. The molecule has 2 aromatic heterocycles. The predicted octanol–water partition coefficient (Wildman–Crippen LogP) is 14.9. The standard InChI is InChI=1S/C53H36N2O/c1-35-23-29-39(30-24-35)54(49-22-8-12-36-11-2-3-13-42(36)49)40-31-25-37(26-32-40)43-16-9-18-47-48-19-10-17-44(53(48)56-52(43)47)38-27-33-41(34-28-38)55-50-20-6-4-14-45(50)46-15-5-7-21-51(46)55/h2-34H,1H3. The van der Waals surface area contributed by atoms with E-state index in [4.69, 9.17) is 4.42 Å². The number of aryl methyl sites for hydroxylation is 1. The lowest BCUT2D eigenvalue weighted by molar-refractivity contribution is 0.671. The molecule has 0 aliphatic carbocycles. The predicted molar refractivity (Wildman–Crippen MR) is 236 cm³/mol. The minimum absolute atomic E-state index is 0.897. The maximum Gasteiger partial charge on any atom is 0.143 e. The molecule has 9 aromatic carbocycles. The number of anilines is 3. The average Bonchev–Trinajstić information content (AvgIpc) is 3.81. The van der Waals surface area contributed by atoms with Crippen LogP contribution in [0.3, 0.4) is 0 Å². The van der Waals surface area contributed by atoms with E-state index in [0.29, 0.717) is 0 Å². The van der Waals surface area contributed by atoms with Gasteiger partial charge in [-0.15, -0.1) is 0 Å². The number of rotatable bonds is 6. The molecule has 0 saturated carbocycles. The second-order valence-corrected chi connectivity index (χ2v) is 14.6. The van der Waals surface area contributed by atoms with Gasteiger partial charge >= 0.3 is 0 Å². The summed E-state index contributed by atoms with van der Waals surface area (Å²) < 4.78 is 9.26. The molecule has 264 valence electrons.